The summed E-state index contributed by atoms with van der Waals surface area (Å²) < 4.78 is 39.2. The first-order valence-corrected chi connectivity index (χ1v) is 17.9. The first-order chi connectivity index (χ1) is 24.0. The first kappa shape index (κ1) is 37.1. The van der Waals surface area contributed by atoms with Gasteiger partial charge in [-0.25, -0.2) is 9.97 Å². The Labute approximate surface area is 293 Å². The summed E-state index contributed by atoms with van der Waals surface area (Å²) in [6, 6.07) is 11.9. The highest BCUT2D eigenvalue weighted by molar-refractivity contribution is 6.02. The molecule has 1 N–H and O–H groups in total. The number of unbranched alkanes of at least 4 members (excludes halogenated alkanes) is 1. The zero-order valence-corrected chi connectivity index (χ0v) is 29.7. The van der Waals surface area contributed by atoms with Crippen molar-refractivity contribution < 1.29 is 22.8 Å². The topological polar surface area (TPSA) is 84.9 Å². The maximum Gasteiger partial charge on any atom is 0.416 e. The minimum atomic E-state index is -4.41. The summed E-state index contributed by atoms with van der Waals surface area (Å²) in [5.74, 6) is 1.54. The first-order valence-electron chi connectivity index (χ1n) is 17.9. The van der Waals surface area contributed by atoms with Crippen molar-refractivity contribution in [1.82, 2.24) is 20.2 Å². The van der Waals surface area contributed by atoms with Gasteiger partial charge < -0.3 is 24.9 Å². The van der Waals surface area contributed by atoms with E-state index >= 15 is 0 Å². The van der Waals surface area contributed by atoms with Gasteiger partial charge in [-0.2, -0.15) is 13.2 Å². The van der Waals surface area contributed by atoms with Gasteiger partial charge in [-0.3, -0.25) is 9.59 Å². The number of likely N-dealkylation sites (tertiary alicyclic amines) is 1. The number of hydrogen-bond acceptors (Lipinski definition) is 7. The molecule has 2 aromatic carbocycles. The third-order valence-electron chi connectivity index (χ3n) is 10.2. The number of benzene rings is 2. The Hall–Kier alpha value is -4.19. The lowest BCUT2D eigenvalue weighted by molar-refractivity contribution is -0.137. The molecular formula is C38H50F3N7O2. The van der Waals surface area contributed by atoms with E-state index < -0.39 is 11.7 Å². The molecule has 1 aliphatic carbocycles. The lowest BCUT2D eigenvalue weighted by Crippen LogP contribution is -2.45. The van der Waals surface area contributed by atoms with Gasteiger partial charge in [0.15, 0.2) is 11.6 Å². The van der Waals surface area contributed by atoms with Gasteiger partial charge in [0.05, 0.1) is 5.56 Å². The maximum atomic E-state index is 13.9. The molecule has 0 bridgehead atoms. The number of halogens is 3. The van der Waals surface area contributed by atoms with Crippen LogP contribution in [0.15, 0.2) is 54.9 Å². The molecule has 9 nitrogen and oxygen atoms in total. The van der Waals surface area contributed by atoms with E-state index in [0.717, 1.165) is 107 Å². The van der Waals surface area contributed by atoms with Gasteiger partial charge >= 0.3 is 6.18 Å². The highest BCUT2D eigenvalue weighted by atomic mass is 19.4. The molecule has 1 aromatic heterocycles. The van der Waals surface area contributed by atoms with Gasteiger partial charge in [0, 0.05) is 64.3 Å². The average molecular weight is 694 g/mol. The number of nitrogens with zero attached hydrogens (tertiary/aromatic N) is 6. The monoisotopic (exact) mass is 693 g/mol. The number of carbonyl (C=O) groups is 2. The van der Waals surface area contributed by atoms with Crippen LogP contribution in [0.25, 0.3) is 11.1 Å². The van der Waals surface area contributed by atoms with E-state index in [1.54, 1.807) is 30.6 Å². The largest absolute Gasteiger partial charge is 0.416 e. The highest BCUT2D eigenvalue weighted by Gasteiger charge is 2.34. The number of amides is 2. The number of aromatic nitrogens is 2. The molecular weight excluding hydrogens is 643 g/mol. The van der Waals surface area contributed by atoms with Crippen LogP contribution in [0, 0.1) is 5.92 Å². The zero-order chi connectivity index (χ0) is 35.8. The van der Waals surface area contributed by atoms with Crippen molar-refractivity contribution >= 4 is 29.1 Å². The Morgan fingerprint density at radius 2 is 1.50 bits per heavy atom. The second-order valence-corrected chi connectivity index (χ2v) is 13.4. The lowest BCUT2D eigenvalue weighted by Gasteiger charge is -2.36. The van der Waals surface area contributed by atoms with Gasteiger partial charge in [0.2, 0.25) is 5.91 Å². The molecule has 0 spiro atoms. The normalized spacial score (nSPS) is 15.7. The van der Waals surface area contributed by atoms with E-state index in [9.17, 15) is 22.8 Å². The summed E-state index contributed by atoms with van der Waals surface area (Å²) in [6.45, 7) is 8.85. The summed E-state index contributed by atoms with van der Waals surface area (Å²) in [5, 5.41) is 3.16. The van der Waals surface area contributed by atoms with E-state index in [1.165, 1.54) is 12.1 Å². The van der Waals surface area contributed by atoms with Crippen LogP contribution in [0.2, 0.25) is 0 Å². The Kier molecular flexibility index (Phi) is 12.4. The summed E-state index contributed by atoms with van der Waals surface area (Å²) in [5.41, 5.74) is 1.69. The van der Waals surface area contributed by atoms with Crippen LogP contribution in [-0.2, 0) is 11.0 Å². The van der Waals surface area contributed by atoms with Crippen molar-refractivity contribution in [2.24, 2.45) is 5.92 Å². The molecule has 2 aliphatic rings. The van der Waals surface area contributed by atoms with Crippen molar-refractivity contribution in [3.05, 3.63) is 66.0 Å². The average Bonchev–Trinajstić information content (AvgIpc) is 3.10. The van der Waals surface area contributed by atoms with Gasteiger partial charge in [-0.15, -0.1) is 0 Å². The fourth-order valence-electron chi connectivity index (χ4n) is 6.61. The van der Waals surface area contributed by atoms with Gasteiger partial charge in [0.1, 0.15) is 12.0 Å². The van der Waals surface area contributed by atoms with Crippen molar-refractivity contribution in [2.45, 2.75) is 71.0 Å². The minimum absolute atomic E-state index is 0.0102. The molecule has 0 unspecified atom stereocenters. The standard InChI is InChI=1S/C38H50F3N7O2/c1-5-45(3)34-33(35(43-26-42-34)46(4)6-2)48(37(50)28-12-11-13-28)23-10-9-22-47-24-20-30(21-25-47)44-36(49)32-15-8-7-14-31(32)27-16-18-29(19-17-27)38(39,40)41/h7-8,14-19,26,28,30H,5-6,9-13,20-25H2,1-4H3,(H,44,49). The molecule has 0 radical (unpaired) electrons. The summed E-state index contributed by atoms with van der Waals surface area (Å²) in [6.07, 6.45) is 3.49. The Morgan fingerprint density at radius 1 is 0.880 bits per heavy atom. The summed E-state index contributed by atoms with van der Waals surface area (Å²) >= 11 is 0. The van der Waals surface area contributed by atoms with Crippen molar-refractivity contribution in [1.29, 1.82) is 0 Å². The van der Waals surface area contributed by atoms with E-state index in [0.29, 0.717) is 23.2 Å². The van der Waals surface area contributed by atoms with E-state index in [-0.39, 0.29) is 23.8 Å². The molecule has 1 saturated heterocycles. The molecule has 0 atom stereocenters. The number of anilines is 3. The summed E-state index contributed by atoms with van der Waals surface area (Å²) in [4.78, 5) is 45.0. The van der Waals surface area contributed by atoms with Crippen LogP contribution in [0.5, 0.6) is 0 Å². The number of carbonyl (C=O) groups excluding carboxylic acids is 2. The Balaban J connectivity index is 1.16. The predicted molar refractivity (Wildman–Crippen MR) is 193 cm³/mol. The van der Waals surface area contributed by atoms with Crippen molar-refractivity contribution in [3.63, 3.8) is 0 Å². The molecule has 2 fully saturated rings. The van der Waals surface area contributed by atoms with Crippen molar-refractivity contribution in [2.75, 3.05) is 68.1 Å². The number of piperidine rings is 1. The molecule has 50 heavy (non-hydrogen) atoms. The number of nitrogens with one attached hydrogen (secondary N) is 1. The fraction of sp³-hybridized carbons (Fsp3) is 0.526. The van der Waals surface area contributed by atoms with Crippen LogP contribution in [0.4, 0.5) is 30.5 Å². The molecule has 270 valence electrons. The van der Waals surface area contributed by atoms with Crippen LogP contribution in [0.1, 0.15) is 74.7 Å². The number of rotatable bonds is 14. The molecule has 12 heteroatoms. The SMILES string of the molecule is CCN(C)c1ncnc(N(C)CC)c1N(CCCCN1CCC(NC(=O)c2ccccc2-c2ccc(C(F)(F)F)cc2)CC1)C(=O)C1CCC1. The van der Waals surface area contributed by atoms with Crippen LogP contribution >= 0.6 is 0 Å². The molecule has 2 heterocycles. The quantitative estimate of drug-likeness (QED) is 0.184. The Bertz CT molecular complexity index is 1560. The van der Waals surface area contributed by atoms with Gasteiger partial charge in [-0.05, 0) is 88.2 Å². The lowest BCUT2D eigenvalue weighted by atomic mass is 9.84. The van der Waals surface area contributed by atoms with E-state index in [4.69, 9.17) is 0 Å². The summed E-state index contributed by atoms with van der Waals surface area (Å²) in [7, 11) is 4.00. The third-order valence-corrected chi connectivity index (χ3v) is 10.2. The second-order valence-electron chi connectivity index (χ2n) is 13.4. The molecule has 5 rings (SSSR count). The van der Waals surface area contributed by atoms with E-state index in [2.05, 4.69) is 43.8 Å². The molecule has 1 saturated carbocycles. The number of alkyl halides is 3. The Morgan fingerprint density at radius 3 is 2.06 bits per heavy atom. The van der Waals surface area contributed by atoms with E-state index in [1.807, 2.05) is 19.0 Å². The van der Waals surface area contributed by atoms with Gasteiger partial charge in [0.25, 0.3) is 5.91 Å². The maximum absolute atomic E-state index is 13.9. The van der Waals surface area contributed by atoms with Crippen molar-refractivity contribution in [3.8, 4) is 11.1 Å². The molecule has 2 amide bonds. The second kappa shape index (κ2) is 16.7. The zero-order valence-electron chi connectivity index (χ0n) is 29.7. The molecule has 3 aromatic rings. The van der Waals surface area contributed by atoms with Crippen LogP contribution in [0.3, 0.4) is 0 Å². The minimum Gasteiger partial charge on any atom is -0.358 e. The number of hydrogen-bond donors (Lipinski definition) is 1. The van der Waals surface area contributed by atoms with Gasteiger partial charge in [-0.1, -0.05) is 36.8 Å². The third kappa shape index (κ3) is 8.75. The smallest absolute Gasteiger partial charge is 0.358 e. The molecule has 1 aliphatic heterocycles. The van der Waals surface area contributed by atoms with Crippen LogP contribution in [-0.4, -0.2) is 86.1 Å². The van der Waals surface area contributed by atoms with Crippen LogP contribution < -0.4 is 20.0 Å². The predicted octanol–water partition coefficient (Wildman–Crippen LogP) is 6.88. The fourth-order valence-corrected chi connectivity index (χ4v) is 6.61. The highest BCUT2D eigenvalue weighted by Crippen LogP contribution is 2.39.